The molecule has 0 fully saturated rings. The van der Waals surface area contributed by atoms with Gasteiger partial charge in [-0.3, -0.25) is 4.98 Å². The Morgan fingerprint density at radius 2 is 2.21 bits per heavy atom. The molecule has 0 radical (unpaired) electrons. The molecule has 0 aliphatic rings. The van der Waals surface area contributed by atoms with E-state index >= 15 is 0 Å². The average Bonchev–Trinajstić information content (AvgIpc) is 2.19. The summed E-state index contributed by atoms with van der Waals surface area (Å²) in [7, 11) is -1.76. The van der Waals surface area contributed by atoms with Crippen LogP contribution in [0, 0.1) is 0 Å². The van der Waals surface area contributed by atoms with Gasteiger partial charge in [0.15, 0.2) is 0 Å². The van der Waals surface area contributed by atoms with Gasteiger partial charge in [-0.2, -0.15) is 0 Å². The summed E-state index contributed by atoms with van der Waals surface area (Å²) >= 11 is 0. The summed E-state index contributed by atoms with van der Waals surface area (Å²) in [6.45, 7) is 0.307. The summed E-state index contributed by atoms with van der Waals surface area (Å²) in [6, 6.07) is 0. The summed E-state index contributed by atoms with van der Waals surface area (Å²) in [5, 5.41) is 2.84. The van der Waals surface area contributed by atoms with Crippen LogP contribution in [0.2, 0.25) is 0 Å². The Kier molecular flexibility index (Phi) is 3.78. The van der Waals surface area contributed by atoms with Gasteiger partial charge in [0.2, 0.25) is 10.0 Å². The van der Waals surface area contributed by atoms with Crippen molar-refractivity contribution in [3.05, 3.63) is 18.6 Å². The molecule has 0 saturated heterocycles. The van der Waals surface area contributed by atoms with Crippen LogP contribution in [0.3, 0.4) is 0 Å². The van der Waals surface area contributed by atoms with Crippen molar-refractivity contribution < 1.29 is 8.42 Å². The fourth-order valence-corrected chi connectivity index (χ4v) is 1.38. The molecule has 0 atom stereocenters. The Hall–Kier alpha value is -1.21. The number of aromatic nitrogens is 2. The lowest BCUT2D eigenvalue weighted by Crippen LogP contribution is -2.26. The summed E-state index contributed by atoms with van der Waals surface area (Å²) in [5.74, 6) is 0.582. The third-order valence-corrected chi connectivity index (χ3v) is 2.91. The van der Waals surface area contributed by atoms with Gasteiger partial charge < -0.3 is 5.32 Å². The van der Waals surface area contributed by atoms with Gasteiger partial charge in [0.25, 0.3) is 0 Å². The van der Waals surface area contributed by atoms with Gasteiger partial charge in [0.1, 0.15) is 5.82 Å². The van der Waals surface area contributed by atoms with Crippen LogP contribution in [0.25, 0.3) is 0 Å². The Labute approximate surface area is 82.8 Å². The molecular formula is C7H12N4O2S. The summed E-state index contributed by atoms with van der Waals surface area (Å²) in [5.41, 5.74) is 0. The first-order chi connectivity index (χ1) is 6.64. The SMILES string of the molecule is CNS(=O)(=O)CCNc1cnccn1. The average molecular weight is 216 g/mol. The third-order valence-electron chi connectivity index (χ3n) is 1.55. The predicted octanol–water partition coefficient (Wildman–Crippen LogP) is -0.562. The zero-order valence-corrected chi connectivity index (χ0v) is 8.58. The van der Waals surface area contributed by atoms with Gasteiger partial charge >= 0.3 is 0 Å². The zero-order valence-electron chi connectivity index (χ0n) is 7.77. The molecule has 0 aliphatic heterocycles. The zero-order chi connectivity index (χ0) is 10.4. The van der Waals surface area contributed by atoms with Crippen molar-refractivity contribution in [1.29, 1.82) is 0 Å². The standard InChI is InChI=1S/C7H12N4O2S/c1-8-14(12,13)5-4-11-7-6-9-2-3-10-7/h2-3,6,8H,4-5H2,1H3,(H,10,11). The summed E-state index contributed by atoms with van der Waals surface area (Å²) in [6.07, 6.45) is 4.62. The lowest BCUT2D eigenvalue weighted by atomic mass is 10.6. The molecule has 0 spiro atoms. The van der Waals surface area contributed by atoms with E-state index in [1.807, 2.05) is 0 Å². The molecule has 0 aliphatic carbocycles. The number of nitrogens with one attached hydrogen (secondary N) is 2. The van der Waals surface area contributed by atoms with Crippen molar-refractivity contribution in [3.63, 3.8) is 0 Å². The highest BCUT2D eigenvalue weighted by Crippen LogP contribution is 1.95. The predicted molar refractivity (Wildman–Crippen MR) is 53.4 cm³/mol. The van der Waals surface area contributed by atoms with Crippen molar-refractivity contribution >= 4 is 15.8 Å². The molecule has 7 heteroatoms. The first kappa shape index (κ1) is 10.9. The van der Waals surface area contributed by atoms with Crippen molar-refractivity contribution in [2.24, 2.45) is 0 Å². The van der Waals surface area contributed by atoms with Crippen molar-refractivity contribution in [3.8, 4) is 0 Å². The number of sulfonamides is 1. The molecule has 0 unspecified atom stereocenters. The van der Waals surface area contributed by atoms with Crippen LogP contribution < -0.4 is 10.0 Å². The maximum Gasteiger partial charge on any atom is 0.213 e. The van der Waals surface area contributed by atoms with E-state index in [-0.39, 0.29) is 5.75 Å². The fourth-order valence-electron chi connectivity index (χ4n) is 0.806. The minimum atomic E-state index is -3.15. The normalized spacial score (nSPS) is 11.2. The molecule has 1 aromatic rings. The maximum atomic E-state index is 11.0. The highest BCUT2D eigenvalue weighted by molar-refractivity contribution is 7.89. The lowest BCUT2D eigenvalue weighted by molar-refractivity contribution is 0.588. The number of anilines is 1. The number of nitrogens with zero attached hydrogens (tertiary/aromatic N) is 2. The van der Waals surface area contributed by atoms with Crippen LogP contribution in [0.15, 0.2) is 18.6 Å². The Morgan fingerprint density at radius 3 is 2.79 bits per heavy atom. The maximum absolute atomic E-state index is 11.0. The largest absolute Gasteiger partial charge is 0.368 e. The number of rotatable bonds is 5. The van der Waals surface area contributed by atoms with E-state index in [4.69, 9.17) is 0 Å². The van der Waals surface area contributed by atoms with Crippen molar-refractivity contribution in [1.82, 2.24) is 14.7 Å². The number of hydrogen-bond acceptors (Lipinski definition) is 5. The van der Waals surface area contributed by atoms with E-state index < -0.39 is 10.0 Å². The second kappa shape index (κ2) is 4.87. The van der Waals surface area contributed by atoms with E-state index in [1.165, 1.54) is 19.4 Å². The quantitative estimate of drug-likeness (QED) is 0.689. The summed E-state index contributed by atoms with van der Waals surface area (Å²) < 4.78 is 24.2. The van der Waals surface area contributed by atoms with Gasteiger partial charge in [-0.1, -0.05) is 0 Å². The van der Waals surface area contributed by atoms with Crippen LogP contribution in [-0.4, -0.2) is 37.7 Å². The van der Waals surface area contributed by atoms with E-state index in [9.17, 15) is 8.42 Å². The minimum Gasteiger partial charge on any atom is -0.368 e. The van der Waals surface area contributed by atoms with Crippen LogP contribution in [0.1, 0.15) is 0 Å². The van der Waals surface area contributed by atoms with Gasteiger partial charge in [-0.05, 0) is 7.05 Å². The Balaban J connectivity index is 2.37. The van der Waals surface area contributed by atoms with Crippen LogP contribution in [0.5, 0.6) is 0 Å². The van der Waals surface area contributed by atoms with Gasteiger partial charge in [0, 0.05) is 18.9 Å². The fraction of sp³-hybridized carbons (Fsp3) is 0.429. The molecule has 2 N–H and O–H groups in total. The minimum absolute atomic E-state index is 0.0140. The monoisotopic (exact) mass is 216 g/mol. The van der Waals surface area contributed by atoms with Gasteiger partial charge in [0.05, 0.1) is 11.9 Å². The molecule has 0 saturated carbocycles. The molecule has 14 heavy (non-hydrogen) atoms. The molecule has 1 heterocycles. The molecule has 0 aromatic carbocycles. The highest BCUT2D eigenvalue weighted by atomic mass is 32.2. The Morgan fingerprint density at radius 1 is 1.43 bits per heavy atom. The Bertz CT molecular complexity index is 365. The molecule has 1 rings (SSSR count). The first-order valence-electron chi connectivity index (χ1n) is 4.05. The molecular weight excluding hydrogens is 204 g/mol. The van der Waals surface area contributed by atoms with Gasteiger partial charge in [-0.15, -0.1) is 0 Å². The van der Waals surface area contributed by atoms with E-state index in [1.54, 1.807) is 6.20 Å². The molecule has 0 amide bonds. The lowest BCUT2D eigenvalue weighted by Gasteiger charge is -2.04. The number of hydrogen-bond donors (Lipinski definition) is 2. The third kappa shape index (κ3) is 3.67. The van der Waals surface area contributed by atoms with Crippen LogP contribution in [0.4, 0.5) is 5.82 Å². The molecule has 1 aromatic heterocycles. The van der Waals surface area contributed by atoms with E-state index in [0.717, 1.165) is 0 Å². The second-order valence-electron chi connectivity index (χ2n) is 2.54. The van der Waals surface area contributed by atoms with Crippen molar-refractivity contribution in [2.75, 3.05) is 24.7 Å². The first-order valence-corrected chi connectivity index (χ1v) is 5.70. The second-order valence-corrected chi connectivity index (χ2v) is 4.59. The smallest absolute Gasteiger partial charge is 0.213 e. The van der Waals surface area contributed by atoms with Crippen molar-refractivity contribution in [2.45, 2.75) is 0 Å². The van der Waals surface area contributed by atoms with Crippen LogP contribution in [-0.2, 0) is 10.0 Å². The van der Waals surface area contributed by atoms with E-state index in [0.29, 0.717) is 12.4 Å². The molecule has 0 bridgehead atoms. The van der Waals surface area contributed by atoms with Crippen LogP contribution >= 0.6 is 0 Å². The highest BCUT2D eigenvalue weighted by Gasteiger charge is 2.05. The topological polar surface area (TPSA) is 84.0 Å². The summed E-state index contributed by atoms with van der Waals surface area (Å²) in [4.78, 5) is 7.77. The van der Waals surface area contributed by atoms with E-state index in [2.05, 4.69) is 20.0 Å². The molecule has 78 valence electrons. The molecule has 6 nitrogen and oxygen atoms in total. The van der Waals surface area contributed by atoms with Gasteiger partial charge in [-0.25, -0.2) is 18.1 Å².